The third kappa shape index (κ3) is 5.87. The van der Waals surface area contributed by atoms with Crippen molar-refractivity contribution in [3.63, 3.8) is 0 Å². The fourth-order valence-corrected chi connectivity index (χ4v) is 13.2. The summed E-state index contributed by atoms with van der Waals surface area (Å²) in [6.45, 7) is 28.7. The van der Waals surface area contributed by atoms with Crippen molar-refractivity contribution >= 4 is 68.4 Å². The van der Waals surface area contributed by atoms with E-state index in [0.29, 0.717) is 0 Å². The van der Waals surface area contributed by atoms with Gasteiger partial charge in [0.15, 0.2) is 0 Å². The summed E-state index contributed by atoms with van der Waals surface area (Å²) in [6, 6.07) is 45.2. The van der Waals surface area contributed by atoms with Crippen molar-refractivity contribution in [2.24, 2.45) is 0 Å². The van der Waals surface area contributed by atoms with Gasteiger partial charge in [-0.3, -0.25) is 4.90 Å². The topological polar surface area (TPSA) is 19.6 Å². The normalized spacial score (nSPS) is 22.1. The summed E-state index contributed by atoms with van der Waals surface area (Å²) in [5.74, 6) is 0.953. The van der Waals surface area contributed by atoms with Gasteiger partial charge in [-0.2, -0.15) is 0 Å². The zero-order chi connectivity index (χ0) is 45.4. The SMILES string of the molecule is CC(C)(C)c1ccc(N2c3cc4c(cc3B3c5c2cc(-c2ccccc2)cc5N(c2ccc(C(C)(C)C)cc2)c2oc5cc6c(cc5c23)C2(C)CCC6(C)C2)C(C)(C)CCC4(C)C)cc1. The number of fused-ring (bicyclic) bond motifs is 12. The first kappa shape index (κ1) is 41.0. The molecule has 0 spiro atoms. The quantitative estimate of drug-likeness (QED) is 0.165. The molecule has 2 aliphatic heterocycles. The predicted octanol–water partition coefficient (Wildman–Crippen LogP) is 14.8. The van der Waals surface area contributed by atoms with E-state index in [4.69, 9.17) is 4.42 Å². The van der Waals surface area contributed by atoms with Crippen LogP contribution in [0.2, 0.25) is 0 Å². The lowest BCUT2D eigenvalue weighted by Gasteiger charge is -2.46. The second kappa shape index (κ2) is 13.1. The first-order valence-electron chi connectivity index (χ1n) is 24.5. The molecule has 5 aliphatic rings. The molecule has 1 aromatic heterocycles. The predicted molar refractivity (Wildman–Crippen MR) is 277 cm³/mol. The molecular formula is C61H65BN2O. The number of anilines is 6. The highest BCUT2D eigenvalue weighted by Crippen LogP contribution is 2.61. The molecule has 3 heterocycles. The third-order valence-corrected chi connectivity index (χ3v) is 17.2. The van der Waals surface area contributed by atoms with Crippen LogP contribution in [0.15, 0.2) is 120 Å². The van der Waals surface area contributed by atoms with Gasteiger partial charge in [-0.25, -0.2) is 0 Å². The van der Waals surface area contributed by atoms with Crippen LogP contribution in [0.4, 0.5) is 34.3 Å². The van der Waals surface area contributed by atoms with Crippen LogP contribution in [0.5, 0.6) is 0 Å². The monoisotopic (exact) mass is 853 g/mol. The van der Waals surface area contributed by atoms with Crippen molar-refractivity contribution in [2.75, 3.05) is 9.80 Å². The number of rotatable bonds is 3. The van der Waals surface area contributed by atoms with Crippen LogP contribution >= 0.6 is 0 Å². The van der Waals surface area contributed by atoms with E-state index in [2.05, 4.69) is 208 Å². The Morgan fingerprint density at radius 1 is 0.492 bits per heavy atom. The molecule has 7 aromatic rings. The molecule has 12 rings (SSSR count). The van der Waals surface area contributed by atoms with Crippen molar-refractivity contribution in [3.05, 3.63) is 149 Å². The maximum atomic E-state index is 7.53. The van der Waals surface area contributed by atoms with Crippen molar-refractivity contribution < 1.29 is 4.42 Å². The minimum Gasteiger partial charge on any atom is -0.440 e. The summed E-state index contributed by atoms with van der Waals surface area (Å²) in [4.78, 5) is 5.12. The van der Waals surface area contributed by atoms with Crippen LogP contribution < -0.4 is 26.2 Å². The highest BCUT2D eigenvalue weighted by molar-refractivity contribution is 7.01. The molecule has 4 heteroatoms. The van der Waals surface area contributed by atoms with Gasteiger partial charge < -0.3 is 9.32 Å². The minimum atomic E-state index is -0.0440. The van der Waals surface area contributed by atoms with E-state index in [1.807, 2.05) is 0 Å². The van der Waals surface area contributed by atoms with Gasteiger partial charge in [0.05, 0.1) is 0 Å². The fourth-order valence-electron chi connectivity index (χ4n) is 13.2. The Bertz CT molecular complexity index is 3120. The third-order valence-electron chi connectivity index (χ3n) is 17.2. The summed E-state index contributed by atoms with van der Waals surface area (Å²) in [5, 5.41) is 1.27. The van der Waals surface area contributed by atoms with Crippen LogP contribution in [0.1, 0.15) is 149 Å². The Morgan fingerprint density at radius 2 is 1.02 bits per heavy atom. The minimum absolute atomic E-state index is 0.0306. The average molecular weight is 853 g/mol. The maximum Gasteiger partial charge on any atom is 0.257 e. The molecule has 3 aliphatic carbocycles. The molecule has 0 radical (unpaired) electrons. The molecule has 0 saturated heterocycles. The van der Waals surface area contributed by atoms with E-state index in [9.17, 15) is 0 Å². The van der Waals surface area contributed by atoms with Gasteiger partial charge in [0, 0.05) is 39.3 Å². The van der Waals surface area contributed by atoms with Crippen LogP contribution in [0.3, 0.4) is 0 Å². The lowest BCUT2D eigenvalue weighted by molar-refractivity contribution is 0.332. The summed E-state index contributed by atoms with van der Waals surface area (Å²) < 4.78 is 7.53. The highest BCUT2D eigenvalue weighted by atomic mass is 16.4. The Labute approximate surface area is 388 Å². The van der Waals surface area contributed by atoms with Gasteiger partial charge in [0.1, 0.15) is 5.58 Å². The smallest absolute Gasteiger partial charge is 0.257 e. The molecule has 1 saturated carbocycles. The molecule has 2 atom stereocenters. The molecule has 3 nitrogen and oxygen atoms in total. The molecule has 328 valence electrons. The molecule has 6 aromatic carbocycles. The number of benzene rings is 6. The first-order valence-corrected chi connectivity index (χ1v) is 24.5. The zero-order valence-electron chi connectivity index (χ0n) is 40.9. The molecule has 2 unspecified atom stereocenters. The number of hydrogen-bond acceptors (Lipinski definition) is 3. The summed E-state index contributed by atoms with van der Waals surface area (Å²) in [7, 11) is 0. The molecule has 65 heavy (non-hydrogen) atoms. The van der Waals surface area contributed by atoms with Crippen LogP contribution in [0, 0.1) is 0 Å². The van der Waals surface area contributed by atoms with Gasteiger partial charge >= 0.3 is 0 Å². The van der Waals surface area contributed by atoms with E-state index in [1.165, 1.54) is 109 Å². The van der Waals surface area contributed by atoms with Gasteiger partial charge in [0.2, 0.25) is 5.88 Å². The Hall–Kier alpha value is -5.48. The summed E-state index contributed by atoms with van der Waals surface area (Å²) in [5.41, 5.74) is 22.7. The number of furan rings is 1. The lowest BCUT2D eigenvalue weighted by atomic mass is 9.33. The molecule has 0 amide bonds. The van der Waals surface area contributed by atoms with E-state index in [-0.39, 0.29) is 39.2 Å². The van der Waals surface area contributed by atoms with Gasteiger partial charge in [-0.15, -0.1) is 0 Å². The lowest BCUT2D eigenvalue weighted by Crippen LogP contribution is -2.61. The van der Waals surface area contributed by atoms with E-state index in [0.717, 1.165) is 23.6 Å². The standard InChI is InChI=1S/C61H65BN2O/c1-56(2,3)39-18-22-41(23-19-39)63-49-34-45-44(58(7,8)26-27-59(45,9)10)33-48(49)62-53-43-32-46-47(61(12)29-28-60(46,11)36-61)35-52(43)65-55(53)64(42-24-20-40(21-25-42)57(4,5)6)51-31-38(30-50(63)54(51)62)37-16-14-13-15-17-37/h13-25,30-35H,26-29,36H2,1-12H3. The van der Waals surface area contributed by atoms with E-state index in [1.54, 1.807) is 5.56 Å². The van der Waals surface area contributed by atoms with Crippen molar-refractivity contribution in [1.29, 1.82) is 0 Å². The highest BCUT2D eigenvalue weighted by Gasteiger charge is 2.54. The van der Waals surface area contributed by atoms with Gasteiger partial charge in [-0.1, -0.05) is 144 Å². The second-order valence-electron chi connectivity index (χ2n) is 24.7. The Kier molecular flexibility index (Phi) is 8.27. The van der Waals surface area contributed by atoms with Gasteiger partial charge in [0.25, 0.3) is 6.71 Å². The largest absolute Gasteiger partial charge is 0.440 e. The van der Waals surface area contributed by atoms with Crippen LogP contribution in [0.25, 0.3) is 22.1 Å². The average Bonchev–Trinajstić information content (AvgIpc) is 3.87. The van der Waals surface area contributed by atoms with Crippen LogP contribution in [-0.4, -0.2) is 6.71 Å². The maximum absolute atomic E-state index is 7.53. The molecule has 0 N–H and O–H groups in total. The zero-order valence-corrected chi connectivity index (χ0v) is 40.9. The number of hydrogen-bond donors (Lipinski definition) is 0. The molecular weight excluding hydrogens is 787 g/mol. The molecule has 2 bridgehead atoms. The van der Waals surface area contributed by atoms with Crippen molar-refractivity contribution in [2.45, 2.75) is 148 Å². The molecule has 1 fully saturated rings. The van der Waals surface area contributed by atoms with E-state index < -0.39 is 0 Å². The summed E-state index contributed by atoms with van der Waals surface area (Å²) >= 11 is 0. The van der Waals surface area contributed by atoms with Crippen molar-refractivity contribution in [1.82, 2.24) is 0 Å². The first-order chi connectivity index (χ1) is 30.7. The fraction of sp³-hybridized carbons (Fsp3) is 0.377. The number of nitrogens with zero attached hydrogens (tertiary/aromatic N) is 2. The van der Waals surface area contributed by atoms with Crippen molar-refractivity contribution in [3.8, 4) is 11.1 Å². The Balaban J connectivity index is 1.23. The van der Waals surface area contributed by atoms with Gasteiger partial charge in [-0.05, 0) is 175 Å². The summed E-state index contributed by atoms with van der Waals surface area (Å²) in [6.07, 6.45) is 6.04. The Morgan fingerprint density at radius 3 is 1.58 bits per heavy atom. The van der Waals surface area contributed by atoms with Crippen LogP contribution in [-0.2, 0) is 32.5 Å². The second-order valence-corrected chi connectivity index (χ2v) is 24.7. The van der Waals surface area contributed by atoms with E-state index >= 15 is 0 Å².